The summed E-state index contributed by atoms with van der Waals surface area (Å²) in [6, 6.07) is 0. The van der Waals surface area contributed by atoms with Crippen molar-refractivity contribution in [3.05, 3.63) is 0 Å². The quantitative estimate of drug-likeness (QED) is 0.501. The average Bonchev–Trinajstić information content (AvgIpc) is 2.30. The molecule has 0 radical (unpaired) electrons. The van der Waals surface area contributed by atoms with Crippen LogP contribution in [-0.4, -0.2) is 24.2 Å². The average molecular weight is 127 g/mol. The van der Waals surface area contributed by atoms with Crippen LogP contribution in [0.4, 0.5) is 0 Å². The summed E-state index contributed by atoms with van der Waals surface area (Å²) in [5.74, 6) is 0.308. The van der Waals surface area contributed by atoms with E-state index in [-0.39, 0.29) is 5.92 Å². The SMILES string of the molecule is O=C(O)C1[C@@H]2CNC[C@@H]12. The van der Waals surface area contributed by atoms with Crippen molar-refractivity contribution in [2.75, 3.05) is 13.1 Å². The largest absolute Gasteiger partial charge is 0.481 e. The summed E-state index contributed by atoms with van der Waals surface area (Å²) in [6.07, 6.45) is 0. The van der Waals surface area contributed by atoms with Gasteiger partial charge >= 0.3 is 5.97 Å². The van der Waals surface area contributed by atoms with Crippen molar-refractivity contribution in [1.29, 1.82) is 0 Å². The molecule has 0 amide bonds. The van der Waals surface area contributed by atoms with Gasteiger partial charge in [-0.1, -0.05) is 0 Å². The Morgan fingerprint density at radius 2 is 2.00 bits per heavy atom. The number of hydrogen-bond acceptors (Lipinski definition) is 2. The first kappa shape index (κ1) is 5.23. The van der Waals surface area contributed by atoms with Crippen LogP contribution in [0.3, 0.4) is 0 Å². The van der Waals surface area contributed by atoms with Gasteiger partial charge in [-0.05, 0) is 24.9 Å². The third-order valence-electron chi connectivity index (χ3n) is 2.38. The van der Waals surface area contributed by atoms with Gasteiger partial charge in [0.2, 0.25) is 0 Å². The highest BCUT2D eigenvalue weighted by Crippen LogP contribution is 2.48. The summed E-state index contributed by atoms with van der Waals surface area (Å²) in [4.78, 5) is 10.3. The highest BCUT2D eigenvalue weighted by Gasteiger charge is 2.57. The van der Waals surface area contributed by atoms with Crippen molar-refractivity contribution in [2.45, 2.75) is 0 Å². The van der Waals surface area contributed by atoms with Gasteiger partial charge in [0.15, 0.2) is 0 Å². The number of piperidine rings is 1. The molecular formula is C6H9NO2. The Hall–Kier alpha value is -0.570. The van der Waals surface area contributed by atoms with Crippen molar-refractivity contribution in [3.8, 4) is 0 Å². The van der Waals surface area contributed by atoms with E-state index >= 15 is 0 Å². The molecule has 0 aromatic carbocycles. The molecule has 2 fully saturated rings. The zero-order valence-electron chi connectivity index (χ0n) is 5.00. The summed E-state index contributed by atoms with van der Waals surface area (Å²) in [5.41, 5.74) is 0. The first-order valence-electron chi connectivity index (χ1n) is 3.24. The van der Waals surface area contributed by atoms with Gasteiger partial charge in [-0.25, -0.2) is 0 Å². The predicted octanol–water partition coefficient (Wildman–Crippen LogP) is -0.464. The van der Waals surface area contributed by atoms with Crippen LogP contribution in [0.5, 0.6) is 0 Å². The molecule has 3 nitrogen and oxygen atoms in total. The normalized spacial score (nSPS) is 46.4. The summed E-state index contributed by atoms with van der Waals surface area (Å²) < 4.78 is 0. The third-order valence-corrected chi connectivity index (χ3v) is 2.38. The van der Waals surface area contributed by atoms with Gasteiger partial charge in [-0.2, -0.15) is 0 Å². The second-order valence-corrected chi connectivity index (χ2v) is 2.85. The van der Waals surface area contributed by atoms with Crippen LogP contribution in [-0.2, 0) is 4.79 Å². The number of hydrogen-bond donors (Lipinski definition) is 2. The van der Waals surface area contributed by atoms with E-state index in [2.05, 4.69) is 5.32 Å². The molecule has 0 unspecified atom stereocenters. The van der Waals surface area contributed by atoms with Crippen molar-refractivity contribution in [3.63, 3.8) is 0 Å². The molecule has 9 heavy (non-hydrogen) atoms. The molecule has 2 atom stereocenters. The molecule has 0 bridgehead atoms. The molecule has 2 aliphatic rings. The molecule has 0 aromatic heterocycles. The van der Waals surface area contributed by atoms with Crippen LogP contribution in [0.1, 0.15) is 0 Å². The van der Waals surface area contributed by atoms with Crippen molar-refractivity contribution in [2.24, 2.45) is 17.8 Å². The van der Waals surface area contributed by atoms with E-state index in [1.165, 1.54) is 0 Å². The minimum absolute atomic E-state index is 0.00810. The van der Waals surface area contributed by atoms with Crippen LogP contribution in [0.15, 0.2) is 0 Å². The first-order valence-corrected chi connectivity index (χ1v) is 3.24. The Morgan fingerprint density at radius 3 is 2.33 bits per heavy atom. The molecule has 2 rings (SSSR count). The molecular weight excluding hydrogens is 118 g/mol. The molecule has 3 heteroatoms. The molecule has 1 aliphatic heterocycles. The molecule has 1 saturated carbocycles. The number of nitrogens with one attached hydrogen (secondary N) is 1. The molecule has 2 N–H and O–H groups in total. The highest BCUT2D eigenvalue weighted by molar-refractivity contribution is 5.74. The number of fused-ring (bicyclic) bond motifs is 1. The highest BCUT2D eigenvalue weighted by atomic mass is 16.4. The summed E-state index contributed by atoms with van der Waals surface area (Å²) in [5, 5.41) is 11.7. The third kappa shape index (κ3) is 0.580. The first-order chi connectivity index (χ1) is 4.30. The van der Waals surface area contributed by atoms with Gasteiger partial charge in [0.25, 0.3) is 0 Å². The maximum absolute atomic E-state index is 10.3. The lowest BCUT2D eigenvalue weighted by molar-refractivity contribution is -0.139. The van der Waals surface area contributed by atoms with E-state index in [0.717, 1.165) is 13.1 Å². The lowest BCUT2D eigenvalue weighted by Crippen LogP contribution is -2.18. The Bertz CT molecular complexity index is 147. The zero-order chi connectivity index (χ0) is 6.43. The van der Waals surface area contributed by atoms with Crippen LogP contribution >= 0.6 is 0 Å². The van der Waals surface area contributed by atoms with E-state index in [0.29, 0.717) is 11.8 Å². The van der Waals surface area contributed by atoms with Gasteiger partial charge < -0.3 is 10.4 Å². The fourth-order valence-corrected chi connectivity index (χ4v) is 1.78. The van der Waals surface area contributed by atoms with Crippen molar-refractivity contribution < 1.29 is 9.90 Å². The van der Waals surface area contributed by atoms with Gasteiger partial charge in [0.1, 0.15) is 0 Å². The molecule has 50 valence electrons. The molecule has 0 aromatic rings. The van der Waals surface area contributed by atoms with Crippen LogP contribution < -0.4 is 5.32 Å². The van der Waals surface area contributed by atoms with Crippen LogP contribution in [0, 0.1) is 17.8 Å². The van der Waals surface area contributed by atoms with E-state index in [1.807, 2.05) is 0 Å². The van der Waals surface area contributed by atoms with E-state index in [4.69, 9.17) is 5.11 Å². The molecule has 1 saturated heterocycles. The standard InChI is InChI=1S/C6H9NO2/c8-6(9)5-3-1-7-2-4(3)5/h3-5,7H,1-2H2,(H,8,9)/t3-,4-/m1/s1. The Labute approximate surface area is 53.1 Å². The smallest absolute Gasteiger partial charge is 0.307 e. The van der Waals surface area contributed by atoms with Crippen molar-refractivity contribution >= 4 is 5.97 Å². The number of rotatable bonds is 1. The van der Waals surface area contributed by atoms with E-state index < -0.39 is 5.97 Å². The minimum atomic E-state index is -0.605. The minimum Gasteiger partial charge on any atom is -0.481 e. The fraction of sp³-hybridized carbons (Fsp3) is 0.833. The number of carboxylic acid groups (broad SMARTS) is 1. The van der Waals surface area contributed by atoms with Crippen LogP contribution in [0.2, 0.25) is 0 Å². The molecule has 1 aliphatic carbocycles. The zero-order valence-corrected chi connectivity index (χ0v) is 5.00. The lowest BCUT2D eigenvalue weighted by Gasteiger charge is -1.96. The van der Waals surface area contributed by atoms with Gasteiger partial charge in [0, 0.05) is 0 Å². The number of aliphatic carboxylic acids is 1. The van der Waals surface area contributed by atoms with E-state index in [9.17, 15) is 4.79 Å². The van der Waals surface area contributed by atoms with Crippen LogP contribution in [0.25, 0.3) is 0 Å². The lowest BCUT2D eigenvalue weighted by atomic mass is 10.3. The second kappa shape index (κ2) is 1.48. The number of carbonyl (C=O) groups is 1. The Kier molecular flexibility index (Phi) is 0.858. The maximum atomic E-state index is 10.3. The van der Waals surface area contributed by atoms with Gasteiger partial charge in [-0.3, -0.25) is 4.79 Å². The summed E-state index contributed by atoms with van der Waals surface area (Å²) in [7, 11) is 0. The van der Waals surface area contributed by atoms with Gasteiger partial charge in [-0.15, -0.1) is 0 Å². The molecule has 0 spiro atoms. The second-order valence-electron chi connectivity index (χ2n) is 2.85. The molecule has 1 heterocycles. The Balaban J connectivity index is 2.02. The summed E-state index contributed by atoms with van der Waals surface area (Å²) in [6.45, 7) is 1.84. The van der Waals surface area contributed by atoms with Gasteiger partial charge in [0.05, 0.1) is 5.92 Å². The predicted molar refractivity (Wildman–Crippen MR) is 31.0 cm³/mol. The van der Waals surface area contributed by atoms with E-state index in [1.54, 1.807) is 0 Å². The fourth-order valence-electron chi connectivity index (χ4n) is 1.78. The number of carboxylic acids is 1. The maximum Gasteiger partial charge on any atom is 0.307 e. The topological polar surface area (TPSA) is 49.3 Å². The Morgan fingerprint density at radius 1 is 1.44 bits per heavy atom. The summed E-state index contributed by atoms with van der Waals surface area (Å²) >= 11 is 0. The monoisotopic (exact) mass is 127 g/mol. The van der Waals surface area contributed by atoms with Crippen molar-refractivity contribution in [1.82, 2.24) is 5.32 Å².